The molecular weight excluding hydrogens is 440 g/mol. The van der Waals surface area contributed by atoms with Gasteiger partial charge < -0.3 is 28.4 Å². The molecule has 0 saturated carbocycles. The minimum absolute atomic E-state index is 0.0853. The minimum atomic E-state index is -0.496. The van der Waals surface area contributed by atoms with E-state index in [1.807, 2.05) is 0 Å². The molecule has 0 amide bonds. The lowest BCUT2D eigenvalue weighted by molar-refractivity contribution is 0.0459. The fourth-order valence-corrected chi connectivity index (χ4v) is 3.05. The Bertz CT molecular complexity index is 1000. The second kappa shape index (κ2) is 11.6. The van der Waals surface area contributed by atoms with Gasteiger partial charge in [-0.2, -0.15) is 0 Å². The maximum absolute atomic E-state index is 12.4. The average Bonchev–Trinajstić information content (AvgIpc) is 2.89. The van der Waals surface area contributed by atoms with Crippen molar-refractivity contribution in [1.29, 1.82) is 0 Å². The second-order valence-electron chi connectivity index (χ2n) is 7.17. The second-order valence-corrected chi connectivity index (χ2v) is 7.17. The van der Waals surface area contributed by atoms with Gasteiger partial charge in [0.15, 0.2) is 0 Å². The Morgan fingerprint density at radius 3 is 1.09 bits per heavy atom. The first-order valence-corrected chi connectivity index (χ1v) is 10.3. The van der Waals surface area contributed by atoms with E-state index in [-0.39, 0.29) is 13.2 Å². The number of hydrogen-bond donors (Lipinski definition) is 0. The Labute approximate surface area is 197 Å². The van der Waals surface area contributed by atoms with Crippen LogP contribution in [-0.2, 0) is 22.7 Å². The summed E-state index contributed by atoms with van der Waals surface area (Å²) in [5.74, 6) is 0.998. The van der Waals surface area contributed by atoms with E-state index in [9.17, 15) is 9.59 Å². The molecule has 3 aromatic rings. The molecule has 0 atom stereocenters. The third-order valence-electron chi connectivity index (χ3n) is 4.94. The quantitative estimate of drug-likeness (QED) is 0.405. The van der Waals surface area contributed by atoms with Gasteiger partial charge in [0.2, 0.25) is 0 Å². The predicted molar refractivity (Wildman–Crippen MR) is 124 cm³/mol. The molecule has 3 rings (SSSR count). The lowest BCUT2D eigenvalue weighted by atomic mass is 10.1. The van der Waals surface area contributed by atoms with Crippen LogP contribution >= 0.6 is 0 Å². The van der Waals surface area contributed by atoms with Crippen LogP contribution in [0.25, 0.3) is 0 Å². The van der Waals surface area contributed by atoms with Crippen molar-refractivity contribution < 1.29 is 38.0 Å². The summed E-state index contributed by atoms with van der Waals surface area (Å²) in [7, 11) is 6.04. The largest absolute Gasteiger partial charge is 0.497 e. The molecule has 0 aliphatic heterocycles. The van der Waals surface area contributed by atoms with Crippen molar-refractivity contribution in [2.45, 2.75) is 13.2 Å². The Hall–Kier alpha value is -4.20. The number of benzene rings is 3. The number of carbonyl (C=O) groups is 2. The van der Waals surface area contributed by atoms with Gasteiger partial charge in [0.25, 0.3) is 0 Å². The van der Waals surface area contributed by atoms with Crippen molar-refractivity contribution >= 4 is 11.9 Å². The molecule has 178 valence electrons. The van der Waals surface area contributed by atoms with Gasteiger partial charge in [-0.1, -0.05) is 24.3 Å². The van der Waals surface area contributed by atoms with Crippen molar-refractivity contribution in [2.24, 2.45) is 0 Å². The molecule has 3 aromatic carbocycles. The van der Waals surface area contributed by atoms with E-state index >= 15 is 0 Å². The molecule has 0 N–H and O–H groups in total. The number of esters is 2. The van der Waals surface area contributed by atoms with Gasteiger partial charge in [0, 0.05) is 12.1 Å². The Morgan fingerprint density at radius 2 is 0.824 bits per heavy atom. The molecule has 34 heavy (non-hydrogen) atoms. The van der Waals surface area contributed by atoms with Gasteiger partial charge in [-0.15, -0.1) is 0 Å². The maximum Gasteiger partial charge on any atom is 0.338 e. The zero-order valence-electron chi connectivity index (χ0n) is 19.5. The van der Waals surface area contributed by atoms with E-state index in [0.717, 1.165) is 11.1 Å². The third-order valence-corrected chi connectivity index (χ3v) is 4.94. The highest BCUT2D eigenvalue weighted by molar-refractivity contribution is 5.91. The van der Waals surface area contributed by atoms with Crippen molar-refractivity contribution in [3.05, 3.63) is 82.9 Å². The normalized spacial score (nSPS) is 10.2. The van der Waals surface area contributed by atoms with E-state index in [2.05, 4.69) is 0 Å². The van der Waals surface area contributed by atoms with E-state index in [0.29, 0.717) is 34.1 Å². The number of methoxy groups -OCH3 is 4. The highest BCUT2D eigenvalue weighted by atomic mass is 16.5. The van der Waals surface area contributed by atoms with Crippen molar-refractivity contribution in [3.8, 4) is 23.0 Å². The van der Waals surface area contributed by atoms with E-state index in [1.165, 1.54) is 28.4 Å². The van der Waals surface area contributed by atoms with Gasteiger partial charge in [-0.05, 0) is 35.4 Å². The lowest BCUT2D eigenvalue weighted by Crippen LogP contribution is -2.07. The average molecular weight is 466 g/mol. The van der Waals surface area contributed by atoms with Crippen LogP contribution in [0.3, 0.4) is 0 Å². The Balaban J connectivity index is 1.55. The van der Waals surface area contributed by atoms with Gasteiger partial charge in [-0.3, -0.25) is 0 Å². The number of rotatable bonds is 10. The van der Waals surface area contributed by atoms with Crippen molar-refractivity contribution in [3.63, 3.8) is 0 Å². The zero-order chi connectivity index (χ0) is 24.5. The van der Waals surface area contributed by atoms with Crippen LogP contribution < -0.4 is 18.9 Å². The molecule has 8 heteroatoms. The van der Waals surface area contributed by atoms with Gasteiger partial charge >= 0.3 is 11.9 Å². The van der Waals surface area contributed by atoms with Crippen LogP contribution in [-0.4, -0.2) is 40.4 Å². The maximum atomic E-state index is 12.4. The van der Waals surface area contributed by atoms with E-state index in [4.69, 9.17) is 28.4 Å². The molecule has 0 heterocycles. The molecule has 0 aromatic heterocycles. The summed E-state index contributed by atoms with van der Waals surface area (Å²) >= 11 is 0. The van der Waals surface area contributed by atoms with Crippen LogP contribution in [0.1, 0.15) is 31.8 Å². The molecule has 0 saturated heterocycles. The van der Waals surface area contributed by atoms with Crippen molar-refractivity contribution in [1.82, 2.24) is 0 Å². The standard InChI is InChI=1S/C26H26O8/c1-29-21-9-19(10-22(13-21)30-2)25(27)33-15-17-5-7-18(8-6-17)16-34-26(28)20-11-23(31-3)14-24(12-20)32-4/h5-14H,15-16H2,1-4H3. The van der Waals surface area contributed by atoms with Crippen LogP contribution in [0.4, 0.5) is 0 Å². The summed E-state index contributed by atoms with van der Waals surface area (Å²) in [6, 6.07) is 16.9. The number of carbonyl (C=O) groups excluding carboxylic acids is 2. The molecule has 0 spiro atoms. The molecular formula is C26H26O8. The SMILES string of the molecule is COc1cc(OC)cc(C(=O)OCc2ccc(COC(=O)c3cc(OC)cc(OC)c3)cc2)c1. The third kappa shape index (κ3) is 6.41. The topological polar surface area (TPSA) is 89.5 Å². The number of ether oxygens (including phenoxy) is 6. The Morgan fingerprint density at radius 1 is 0.529 bits per heavy atom. The predicted octanol–water partition coefficient (Wildman–Crippen LogP) is 4.44. The van der Waals surface area contributed by atoms with Gasteiger partial charge in [0.1, 0.15) is 36.2 Å². The molecule has 0 aliphatic carbocycles. The summed E-state index contributed by atoms with van der Waals surface area (Å²) < 4.78 is 31.5. The molecule has 0 fully saturated rings. The monoisotopic (exact) mass is 466 g/mol. The van der Waals surface area contributed by atoms with Crippen LogP contribution in [0.15, 0.2) is 60.7 Å². The van der Waals surface area contributed by atoms with Gasteiger partial charge in [-0.25, -0.2) is 9.59 Å². The summed E-state index contributed by atoms with van der Waals surface area (Å²) in [6.45, 7) is 0.171. The first kappa shape index (κ1) is 24.4. The molecule has 8 nitrogen and oxygen atoms in total. The minimum Gasteiger partial charge on any atom is -0.497 e. The van der Waals surface area contributed by atoms with Crippen LogP contribution in [0, 0.1) is 0 Å². The molecule has 0 bridgehead atoms. The number of hydrogen-bond acceptors (Lipinski definition) is 8. The first-order chi connectivity index (χ1) is 16.4. The fourth-order valence-electron chi connectivity index (χ4n) is 3.05. The molecule has 0 aliphatic rings. The molecule has 0 unspecified atom stereocenters. The first-order valence-electron chi connectivity index (χ1n) is 10.3. The summed E-state index contributed by atoms with van der Waals surface area (Å²) in [4.78, 5) is 24.8. The Kier molecular flexibility index (Phi) is 8.34. The summed E-state index contributed by atoms with van der Waals surface area (Å²) in [5, 5.41) is 0. The highest BCUT2D eigenvalue weighted by Gasteiger charge is 2.13. The summed E-state index contributed by atoms with van der Waals surface area (Å²) in [6.07, 6.45) is 0. The summed E-state index contributed by atoms with van der Waals surface area (Å²) in [5.41, 5.74) is 2.23. The smallest absolute Gasteiger partial charge is 0.338 e. The fraction of sp³-hybridized carbons (Fsp3) is 0.231. The van der Waals surface area contributed by atoms with Crippen LogP contribution in [0.5, 0.6) is 23.0 Å². The van der Waals surface area contributed by atoms with Crippen molar-refractivity contribution in [2.75, 3.05) is 28.4 Å². The van der Waals surface area contributed by atoms with Crippen LogP contribution in [0.2, 0.25) is 0 Å². The van der Waals surface area contributed by atoms with E-state index < -0.39 is 11.9 Å². The van der Waals surface area contributed by atoms with Gasteiger partial charge in [0.05, 0.1) is 39.6 Å². The zero-order valence-corrected chi connectivity index (χ0v) is 19.5. The molecule has 0 radical (unpaired) electrons. The lowest BCUT2D eigenvalue weighted by Gasteiger charge is -2.10. The highest BCUT2D eigenvalue weighted by Crippen LogP contribution is 2.24. The van der Waals surface area contributed by atoms with E-state index in [1.54, 1.807) is 60.7 Å².